The number of carbonyl (C=O) groups is 2. The first-order valence-corrected chi connectivity index (χ1v) is 13.3. The molecule has 0 saturated carbocycles. The van der Waals surface area contributed by atoms with Gasteiger partial charge in [0.05, 0.1) is 0 Å². The van der Waals surface area contributed by atoms with E-state index in [0.29, 0.717) is 6.42 Å². The fourth-order valence-electron chi connectivity index (χ4n) is 4.40. The molecule has 33 heavy (non-hydrogen) atoms. The lowest BCUT2D eigenvalue weighted by molar-refractivity contribution is -0.148. The van der Waals surface area contributed by atoms with E-state index >= 15 is 0 Å². The summed E-state index contributed by atoms with van der Waals surface area (Å²) < 4.78 is 10.9. The summed E-state index contributed by atoms with van der Waals surface area (Å²) in [6.07, 6.45) is 17.4. The molecule has 5 heteroatoms. The Kier molecular flexibility index (Phi) is 13.8. The normalized spacial score (nSPS) is 18.8. The van der Waals surface area contributed by atoms with Crippen LogP contribution in [-0.2, 0) is 25.7 Å². The van der Waals surface area contributed by atoms with Crippen LogP contribution in [0.4, 0.5) is 0 Å². The van der Waals surface area contributed by atoms with Crippen molar-refractivity contribution in [1.82, 2.24) is 5.32 Å². The number of rotatable bonds is 18. The van der Waals surface area contributed by atoms with Crippen LogP contribution in [0.25, 0.3) is 0 Å². The van der Waals surface area contributed by atoms with Gasteiger partial charge in [-0.25, -0.2) is 0 Å². The van der Waals surface area contributed by atoms with Gasteiger partial charge in [0.2, 0.25) is 0 Å². The van der Waals surface area contributed by atoms with Crippen molar-refractivity contribution in [3.8, 4) is 0 Å². The lowest BCUT2D eigenvalue weighted by Gasteiger charge is -2.16. The Bertz CT molecular complexity index is 663. The third kappa shape index (κ3) is 11.7. The van der Waals surface area contributed by atoms with Gasteiger partial charge in [-0.05, 0) is 25.3 Å². The zero-order valence-electron chi connectivity index (χ0n) is 20.9. The van der Waals surface area contributed by atoms with Gasteiger partial charge >= 0.3 is 11.9 Å². The Balaban J connectivity index is 1.49. The van der Waals surface area contributed by atoms with E-state index in [0.717, 1.165) is 18.4 Å². The first-order valence-electron chi connectivity index (χ1n) is 13.3. The summed E-state index contributed by atoms with van der Waals surface area (Å²) in [6, 6.07) is 8.61. The van der Waals surface area contributed by atoms with Gasteiger partial charge in [0.1, 0.15) is 24.8 Å². The molecule has 1 saturated heterocycles. The van der Waals surface area contributed by atoms with Crippen LogP contribution in [-0.4, -0.2) is 30.1 Å². The van der Waals surface area contributed by atoms with Gasteiger partial charge in [-0.2, -0.15) is 0 Å². The molecule has 186 valence electrons. The number of hydrogen-bond acceptors (Lipinski definition) is 5. The number of nitrogens with one attached hydrogen (secondary N) is 1. The number of ether oxygens (including phenoxy) is 2. The highest BCUT2D eigenvalue weighted by molar-refractivity contribution is 5.80. The molecule has 5 nitrogen and oxygen atoms in total. The Morgan fingerprint density at radius 2 is 1.55 bits per heavy atom. The molecule has 0 amide bonds. The monoisotopic (exact) mass is 459 g/mol. The third-order valence-electron chi connectivity index (χ3n) is 6.47. The van der Waals surface area contributed by atoms with Gasteiger partial charge in [-0.3, -0.25) is 14.9 Å². The van der Waals surface area contributed by atoms with Crippen molar-refractivity contribution < 1.29 is 19.1 Å². The molecule has 1 N–H and O–H groups in total. The molecule has 1 aromatic carbocycles. The fraction of sp³-hybridized carbons (Fsp3) is 0.714. The number of carbonyl (C=O) groups excluding carboxylic acids is 2. The van der Waals surface area contributed by atoms with Crippen molar-refractivity contribution in [3.63, 3.8) is 0 Å². The molecule has 2 unspecified atom stereocenters. The van der Waals surface area contributed by atoms with E-state index < -0.39 is 12.1 Å². The van der Waals surface area contributed by atoms with Crippen LogP contribution in [0.5, 0.6) is 0 Å². The summed E-state index contributed by atoms with van der Waals surface area (Å²) in [5.41, 5.74) is 0.945. The van der Waals surface area contributed by atoms with E-state index in [2.05, 4.69) is 12.2 Å². The van der Waals surface area contributed by atoms with Crippen LogP contribution in [0.15, 0.2) is 30.3 Å². The van der Waals surface area contributed by atoms with Crippen LogP contribution in [0.2, 0.25) is 0 Å². The van der Waals surface area contributed by atoms with E-state index in [1.54, 1.807) is 6.92 Å². The van der Waals surface area contributed by atoms with Gasteiger partial charge in [-0.15, -0.1) is 0 Å². The van der Waals surface area contributed by atoms with Crippen molar-refractivity contribution in [2.24, 2.45) is 0 Å². The summed E-state index contributed by atoms with van der Waals surface area (Å²) in [5, 5.41) is 3.09. The van der Waals surface area contributed by atoms with Gasteiger partial charge in [0, 0.05) is 6.42 Å². The van der Waals surface area contributed by atoms with Crippen molar-refractivity contribution in [2.75, 3.05) is 0 Å². The van der Waals surface area contributed by atoms with Gasteiger partial charge in [-0.1, -0.05) is 108 Å². The molecule has 0 radical (unpaired) electrons. The summed E-state index contributed by atoms with van der Waals surface area (Å²) in [7, 11) is 0. The van der Waals surface area contributed by atoms with Crippen LogP contribution in [0.3, 0.4) is 0 Å². The van der Waals surface area contributed by atoms with Gasteiger partial charge in [0.25, 0.3) is 0 Å². The first kappa shape index (κ1) is 27.4. The van der Waals surface area contributed by atoms with E-state index in [9.17, 15) is 9.59 Å². The number of cyclic esters (lactones) is 1. The quantitative estimate of drug-likeness (QED) is 0.201. The number of esters is 2. The molecular formula is C28H45NO4. The lowest BCUT2D eigenvalue weighted by atomic mass is 10.0. The number of benzene rings is 1. The fourth-order valence-corrected chi connectivity index (χ4v) is 4.40. The highest BCUT2D eigenvalue weighted by Crippen LogP contribution is 2.21. The largest absolute Gasteiger partial charge is 0.461 e. The first-order chi connectivity index (χ1) is 16.1. The van der Waals surface area contributed by atoms with Crippen molar-refractivity contribution in [2.45, 2.75) is 129 Å². The second-order valence-corrected chi connectivity index (χ2v) is 9.51. The average Bonchev–Trinajstić information content (AvgIpc) is 3.17. The highest BCUT2D eigenvalue weighted by Gasteiger charge is 2.35. The number of hydrogen-bond donors (Lipinski definition) is 1. The maximum Gasteiger partial charge on any atom is 0.323 e. The Hall–Kier alpha value is -1.88. The molecule has 1 aromatic rings. The second kappa shape index (κ2) is 16.7. The van der Waals surface area contributed by atoms with Crippen LogP contribution < -0.4 is 5.32 Å². The summed E-state index contributed by atoms with van der Waals surface area (Å²) in [6.45, 7) is 4.24. The summed E-state index contributed by atoms with van der Waals surface area (Å²) in [5.74, 6) is -0.599. The van der Waals surface area contributed by atoms with Crippen molar-refractivity contribution in [1.29, 1.82) is 0 Å². The van der Waals surface area contributed by atoms with Crippen molar-refractivity contribution in [3.05, 3.63) is 35.9 Å². The topological polar surface area (TPSA) is 64.6 Å². The standard InChI is InChI=1S/C28H45NO4/c1-3-4-5-6-7-8-9-10-11-12-13-17-20-25-21-26(28(31)33-25)29-23(2)27(30)32-22-24-18-15-14-16-19-24/h14-16,18-19,23,25-26,29H,3-13,17,20-22H2,1-2H3/t23-,25?,26?/m0/s1. The maximum atomic E-state index is 12.3. The second-order valence-electron chi connectivity index (χ2n) is 9.51. The summed E-state index contributed by atoms with van der Waals surface area (Å²) in [4.78, 5) is 24.5. The van der Waals surface area contributed by atoms with Crippen molar-refractivity contribution >= 4 is 11.9 Å². The SMILES string of the molecule is CCCCCCCCCCCCCCC1CC(N[C@@H](C)C(=O)OCc2ccccc2)C(=O)O1. The Morgan fingerprint density at radius 3 is 2.15 bits per heavy atom. The summed E-state index contributed by atoms with van der Waals surface area (Å²) >= 11 is 0. The molecule has 1 heterocycles. The molecular weight excluding hydrogens is 414 g/mol. The van der Waals surface area contributed by atoms with E-state index in [1.807, 2.05) is 30.3 Å². The molecule has 1 fully saturated rings. The van der Waals surface area contributed by atoms with E-state index in [-0.39, 0.29) is 24.6 Å². The molecule has 0 aliphatic carbocycles. The van der Waals surface area contributed by atoms with Gasteiger partial charge < -0.3 is 9.47 Å². The average molecular weight is 460 g/mol. The minimum Gasteiger partial charge on any atom is -0.461 e. The molecule has 0 spiro atoms. The molecule has 0 bridgehead atoms. The van der Waals surface area contributed by atoms with Gasteiger partial charge in [0.15, 0.2) is 0 Å². The third-order valence-corrected chi connectivity index (χ3v) is 6.47. The van der Waals surface area contributed by atoms with Crippen LogP contribution >= 0.6 is 0 Å². The predicted octanol–water partition coefficient (Wildman–Crippen LogP) is 6.48. The molecule has 1 aliphatic heterocycles. The van der Waals surface area contributed by atoms with E-state index in [4.69, 9.17) is 9.47 Å². The molecule has 1 aliphatic rings. The zero-order chi connectivity index (χ0) is 23.7. The maximum absolute atomic E-state index is 12.3. The molecule has 0 aromatic heterocycles. The predicted molar refractivity (Wildman–Crippen MR) is 133 cm³/mol. The highest BCUT2D eigenvalue weighted by atomic mass is 16.6. The van der Waals surface area contributed by atoms with Crippen LogP contribution in [0, 0.1) is 0 Å². The van der Waals surface area contributed by atoms with E-state index in [1.165, 1.54) is 70.6 Å². The van der Waals surface area contributed by atoms with Crippen LogP contribution in [0.1, 0.15) is 109 Å². The molecule has 2 rings (SSSR count). The lowest BCUT2D eigenvalue weighted by Crippen LogP contribution is -2.44. The zero-order valence-corrected chi connectivity index (χ0v) is 20.9. The number of unbranched alkanes of at least 4 members (excludes halogenated alkanes) is 11. The minimum absolute atomic E-state index is 0.0364. The minimum atomic E-state index is -0.545. The molecule has 3 atom stereocenters. The smallest absolute Gasteiger partial charge is 0.323 e. The Labute approximate surface area is 201 Å². The Morgan fingerprint density at radius 1 is 0.970 bits per heavy atom.